The van der Waals surface area contributed by atoms with Gasteiger partial charge in [0.05, 0.1) is 12.1 Å². The van der Waals surface area contributed by atoms with Crippen LogP contribution in [-0.2, 0) is 6.42 Å². The third kappa shape index (κ3) is 4.20. The molecule has 0 atom stereocenters. The number of aryl methyl sites for hydroxylation is 2. The van der Waals surface area contributed by atoms with Gasteiger partial charge >= 0.3 is 5.97 Å². The van der Waals surface area contributed by atoms with Crippen LogP contribution in [0.3, 0.4) is 0 Å². The molecule has 4 heteroatoms. The lowest BCUT2D eigenvalue weighted by Gasteiger charge is -2.11. The number of fused-ring (bicyclic) bond motifs is 2. The number of H-pyrrole nitrogens is 1. The van der Waals surface area contributed by atoms with Crippen LogP contribution in [0.1, 0.15) is 28.0 Å². The van der Waals surface area contributed by atoms with E-state index in [-0.39, 0.29) is 5.69 Å². The maximum Gasteiger partial charge on any atom is 0.352 e. The van der Waals surface area contributed by atoms with Gasteiger partial charge in [0.1, 0.15) is 11.4 Å². The van der Waals surface area contributed by atoms with Crippen molar-refractivity contribution in [3.63, 3.8) is 0 Å². The van der Waals surface area contributed by atoms with Crippen LogP contribution in [0.25, 0.3) is 32.8 Å². The smallest absolute Gasteiger partial charge is 0.352 e. The highest BCUT2D eigenvalue weighted by Gasteiger charge is 2.15. The van der Waals surface area contributed by atoms with Crippen LogP contribution in [0.5, 0.6) is 5.75 Å². The van der Waals surface area contributed by atoms with Crippen molar-refractivity contribution in [2.24, 2.45) is 0 Å². The molecule has 5 aromatic rings. The van der Waals surface area contributed by atoms with Gasteiger partial charge in [-0.1, -0.05) is 66.7 Å². The number of benzene rings is 4. The summed E-state index contributed by atoms with van der Waals surface area (Å²) in [6, 6.07) is 28.5. The van der Waals surface area contributed by atoms with Crippen LogP contribution in [0, 0.1) is 6.92 Å². The molecule has 0 amide bonds. The van der Waals surface area contributed by atoms with Gasteiger partial charge in [-0.15, -0.1) is 0 Å². The predicted octanol–water partition coefficient (Wildman–Crippen LogP) is 7.01. The normalized spacial score (nSPS) is 11.2. The summed E-state index contributed by atoms with van der Waals surface area (Å²) in [6.07, 6.45) is 1.63. The van der Waals surface area contributed by atoms with Crippen LogP contribution in [-0.4, -0.2) is 22.7 Å². The minimum absolute atomic E-state index is 0.208. The van der Waals surface area contributed by atoms with Crippen molar-refractivity contribution in [3.05, 3.63) is 102 Å². The Hall–Kier alpha value is -4.05. The fourth-order valence-electron chi connectivity index (χ4n) is 4.42. The number of ether oxygens (including phenoxy) is 1. The molecule has 5 rings (SSSR count). The van der Waals surface area contributed by atoms with E-state index < -0.39 is 5.97 Å². The fraction of sp³-hybridized carbons (Fsp3) is 0.138. The van der Waals surface area contributed by atoms with Crippen molar-refractivity contribution in [1.29, 1.82) is 0 Å². The first-order valence-electron chi connectivity index (χ1n) is 11.2. The Labute approximate surface area is 192 Å². The van der Waals surface area contributed by atoms with E-state index in [1.807, 2.05) is 30.3 Å². The molecule has 0 bridgehead atoms. The molecule has 1 aromatic heterocycles. The first-order valence-corrected chi connectivity index (χ1v) is 11.2. The summed E-state index contributed by atoms with van der Waals surface area (Å²) < 4.78 is 6.00. The van der Waals surface area contributed by atoms with E-state index in [9.17, 15) is 9.90 Å². The number of hydrogen-bond donors (Lipinski definition) is 2. The molecule has 2 N–H and O–H groups in total. The van der Waals surface area contributed by atoms with Gasteiger partial charge in [0, 0.05) is 10.9 Å². The number of carboxylic acids is 1. The Bertz CT molecular complexity index is 1460. The Morgan fingerprint density at radius 2 is 1.67 bits per heavy atom. The van der Waals surface area contributed by atoms with Gasteiger partial charge in [-0.2, -0.15) is 0 Å². The number of aromatic nitrogens is 1. The summed E-state index contributed by atoms with van der Waals surface area (Å²) >= 11 is 0. The summed E-state index contributed by atoms with van der Waals surface area (Å²) in [4.78, 5) is 14.8. The maximum absolute atomic E-state index is 11.7. The average molecular weight is 436 g/mol. The van der Waals surface area contributed by atoms with E-state index in [0.717, 1.165) is 57.1 Å². The monoisotopic (exact) mass is 435 g/mol. The third-order valence-electron chi connectivity index (χ3n) is 6.13. The Balaban J connectivity index is 1.37. The molecule has 0 fully saturated rings. The van der Waals surface area contributed by atoms with E-state index in [4.69, 9.17) is 4.74 Å². The number of hydrogen-bond acceptors (Lipinski definition) is 2. The van der Waals surface area contributed by atoms with E-state index in [1.165, 1.54) is 5.39 Å². The Morgan fingerprint density at radius 1 is 0.879 bits per heavy atom. The van der Waals surface area contributed by atoms with Crippen molar-refractivity contribution >= 4 is 27.6 Å². The number of aromatic carboxylic acids is 1. The van der Waals surface area contributed by atoms with Crippen molar-refractivity contribution in [2.45, 2.75) is 19.8 Å². The number of carboxylic acid groups (broad SMARTS) is 1. The molecule has 0 radical (unpaired) electrons. The maximum atomic E-state index is 11.7. The van der Waals surface area contributed by atoms with Crippen molar-refractivity contribution in [1.82, 2.24) is 4.98 Å². The summed E-state index contributed by atoms with van der Waals surface area (Å²) in [5, 5.41) is 12.9. The van der Waals surface area contributed by atoms with Gasteiger partial charge in [0.15, 0.2) is 0 Å². The first kappa shape index (κ1) is 20.8. The van der Waals surface area contributed by atoms with Gasteiger partial charge in [-0.3, -0.25) is 0 Å². The summed E-state index contributed by atoms with van der Waals surface area (Å²) in [6.45, 7) is 2.66. The molecule has 4 aromatic carbocycles. The van der Waals surface area contributed by atoms with E-state index >= 15 is 0 Å². The molecule has 0 spiro atoms. The molecule has 0 aliphatic carbocycles. The van der Waals surface area contributed by atoms with E-state index in [0.29, 0.717) is 6.61 Å². The molecule has 0 aliphatic heterocycles. The lowest BCUT2D eigenvalue weighted by molar-refractivity contribution is 0.0691. The molecule has 1 heterocycles. The van der Waals surface area contributed by atoms with E-state index in [2.05, 4.69) is 60.4 Å². The lowest BCUT2D eigenvalue weighted by Crippen LogP contribution is -2.00. The number of carbonyl (C=O) groups is 1. The van der Waals surface area contributed by atoms with Gasteiger partial charge in [0.25, 0.3) is 0 Å². The molecular weight excluding hydrogens is 410 g/mol. The second-order valence-electron chi connectivity index (χ2n) is 8.32. The number of nitrogens with one attached hydrogen (secondary N) is 1. The number of rotatable bonds is 7. The van der Waals surface area contributed by atoms with Crippen molar-refractivity contribution in [3.8, 4) is 16.9 Å². The van der Waals surface area contributed by atoms with Gasteiger partial charge < -0.3 is 14.8 Å². The van der Waals surface area contributed by atoms with Crippen LogP contribution in [0.4, 0.5) is 0 Å². The molecule has 0 saturated heterocycles. The predicted molar refractivity (Wildman–Crippen MR) is 133 cm³/mol. The van der Waals surface area contributed by atoms with Crippen molar-refractivity contribution < 1.29 is 14.6 Å². The zero-order chi connectivity index (χ0) is 22.8. The molecule has 33 heavy (non-hydrogen) atoms. The topological polar surface area (TPSA) is 62.3 Å². The minimum atomic E-state index is -0.951. The quantitative estimate of drug-likeness (QED) is 0.270. The third-order valence-corrected chi connectivity index (χ3v) is 6.13. The van der Waals surface area contributed by atoms with Crippen molar-refractivity contribution in [2.75, 3.05) is 6.61 Å². The minimum Gasteiger partial charge on any atom is -0.494 e. The second-order valence-corrected chi connectivity index (χ2v) is 8.32. The molecule has 164 valence electrons. The Morgan fingerprint density at radius 3 is 2.48 bits per heavy atom. The molecular formula is C29H25NO3. The largest absolute Gasteiger partial charge is 0.494 e. The van der Waals surface area contributed by atoms with Crippen LogP contribution >= 0.6 is 0 Å². The first-order chi connectivity index (χ1) is 16.1. The Kier molecular flexibility index (Phi) is 5.57. The highest BCUT2D eigenvalue weighted by atomic mass is 16.5. The fourth-order valence-corrected chi connectivity index (χ4v) is 4.42. The molecule has 0 aliphatic rings. The second kappa shape index (κ2) is 8.83. The van der Waals surface area contributed by atoms with Gasteiger partial charge in [-0.25, -0.2) is 4.79 Å². The van der Waals surface area contributed by atoms with E-state index in [1.54, 1.807) is 6.07 Å². The van der Waals surface area contributed by atoms with Crippen LogP contribution < -0.4 is 4.74 Å². The highest BCUT2D eigenvalue weighted by Crippen LogP contribution is 2.33. The lowest BCUT2D eigenvalue weighted by atomic mass is 9.95. The molecule has 0 unspecified atom stereocenters. The van der Waals surface area contributed by atoms with Crippen LogP contribution in [0.15, 0.2) is 84.9 Å². The number of aromatic amines is 1. The standard InChI is InChI=1S/C29H25NO3/c1-19-7-2-5-11-24(19)25-15-13-21(26-18-27(29(31)32)30-28(25)26)10-6-16-33-23-14-12-20-8-3-4-9-22(20)17-23/h2-5,7-9,11-15,17-18,30H,6,10,16H2,1H3,(H,31,32). The molecule has 4 nitrogen and oxygen atoms in total. The zero-order valence-corrected chi connectivity index (χ0v) is 18.5. The van der Waals surface area contributed by atoms with Gasteiger partial charge in [-0.05, 0) is 65.4 Å². The summed E-state index contributed by atoms with van der Waals surface area (Å²) in [5.74, 6) is -0.0870. The molecule has 0 saturated carbocycles. The van der Waals surface area contributed by atoms with Crippen LogP contribution in [0.2, 0.25) is 0 Å². The van der Waals surface area contributed by atoms with Gasteiger partial charge in [0.2, 0.25) is 0 Å². The summed E-state index contributed by atoms with van der Waals surface area (Å²) in [5.41, 5.74) is 5.48. The highest BCUT2D eigenvalue weighted by molar-refractivity contribution is 6.02. The zero-order valence-electron chi connectivity index (χ0n) is 18.5. The SMILES string of the molecule is Cc1ccccc1-c1ccc(CCCOc2ccc3ccccc3c2)c2cc(C(=O)O)[nH]c12. The summed E-state index contributed by atoms with van der Waals surface area (Å²) in [7, 11) is 0. The average Bonchev–Trinajstić information content (AvgIpc) is 3.29.